The van der Waals surface area contributed by atoms with Crippen LogP contribution in [0.25, 0.3) is 0 Å². The Bertz CT molecular complexity index is 241. The molecule has 18 heavy (non-hydrogen) atoms. The van der Waals surface area contributed by atoms with E-state index in [1.54, 1.807) is 0 Å². The highest BCUT2D eigenvalue weighted by atomic mass is 16.5. The number of nitrogens with zero attached hydrogens (tertiary/aromatic N) is 2. The predicted octanol–water partition coefficient (Wildman–Crippen LogP) is 2.22. The van der Waals surface area contributed by atoms with Gasteiger partial charge in [-0.15, -0.1) is 0 Å². The number of rotatable bonds is 5. The summed E-state index contributed by atoms with van der Waals surface area (Å²) in [4.78, 5) is 5.21. The first-order valence-corrected chi connectivity index (χ1v) is 7.66. The van der Waals surface area contributed by atoms with Crippen LogP contribution in [0, 0.1) is 5.92 Å². The van der Waals surface area contributed by atoms with E-state index in [1.165, 1.54) is 45.6 Å². The lowest BCUT2D eigenvalue weighted by molar-refractivity contribution is -0.0355. The normalized spacial score (nSPS) is 25.0. The number of hydrogen-bond acceptors (Lipinski definition) is 3. The minimum atomic E-state index is 0.382. The molecule has 2 aliphatic rings. The van der Waals surface area contributed by atoms with E-state index in [9.17, 15) is 0 Å². The van der Waals surface area contributed by atoms with Crippen molar-refractivity contribution in [2.24, 2.45) is 5.92 Å². The fraction of sp³-hybridized carbons (Fsp3) is 1.00. The molecule has 0 N–H and O–H groups in total. The molecule has 0 bridgehead atoms. The van der Waals surface area contributed by atoms with Gasteiger partial charge in [0.1, 0.15) is 0 Å². The summed E-state index contributed by atoms with van der Waals surface area (Å²) in [5.41, 5.74) is 0. The fourth-order valence-corrected chi connectivity index (χ4v) is 3.12. The van der Waals surface area contributed by atoms with Crippen molar-refractivity contribution in [1.29, 1.82) is 0 Å². The van der Waals surface area contributed by atoms with Crippen molar-refractivity contribution < 1.29 is 4.74 Å². The van der Waals surface area contributed by atoms with Crippen LogP contribution in [0.2, 0.25) is 0 Å². The molecule has 0 unspecified atom stereocenters. The van der Waals surface area contributed by atoms with Gasteiger partial charge in [-0.25, -0.2) is 0 Å². The molecule has 0 spiro atoms. The SMILES string of the molecule is CC(C)OC1CCN(CC2CN(C(C)C)C2)CC1. The molecule has 0 amide bonds. The van der Waals surface area contributed by atoms with E-state index in [2.05, 4.69) is 37.5 Å². The predicted molar refractivity (Wildman–Crippen MR) is 75.9 cm³/mol. The zero-order chi connectivity index (χ0) is 13.1. The summed E-state index contributed by atoms with van der Waals surface area (Å²) in [5, 5.41) is 0. The molecule has 2 saturated heterocycles. The lowest BCUT2D eigenvalue weighted by Gasteiger charge is -2.45. The molecule has 2 fully saturated rings. The Kier molecular flexibility index (Phi) is 5.05. The van der Waals surface area contributed by atoms with Gasteiger partial charge in [0.05, 0.1) is 12.2 Å². The molecular weight excluding hydrogens is 224 g/mol. The molecular formula is C15H30N2O. The average molecular weight is 254 g/mol. The van der Waals surface area contributed by atoms with E-state index in [1.807, 2.05) is 0 Å². The Balaban J connectivity index is 1.60. The zero-order valence-corrected chi connectivity index (χ0v) is 12.6. The Morgan fingerprint density at radius 2 is 1.67 bits per heavy atom. The highest BCUT2D eigenvalue weighted by Crippen LogP contribution is 2.22. The molecule has 0 radical (unpaired) electrons. The molecule has 2 rings (SSSR count). The van der Waals surface area contributed by atoms with Crippen molar-refractivity contribution in [3.05, 3.63) is 0 Å². The van der Waals surface area contributed by atoms with Crippen LogP contribution in [0.5, 0.6) is 0 Å². The Morgan fingerprint density at radius 1 is 1.06 bits per heavy atom. The minimum Gasteiger partial charge on any atom is -0.375 e. The lowest BCUT2D eigenvalue weighted by atomic mass is 9.96. The van der Waals surface area contributed by atoms with Crippen molar-refractivity contribution >= 4 is 0 Å². The number of likely N-dealkylation sites (tertiary alicyclic amines) is 2. The van der Waals surface area contributed by atoms with E-state index < -0.39 is 0 Å². The zero-order valence-electron chi connectivity index (χ0n) is 12.6. The van der Waals surface area contributed by atoms with Gasteiger partial charge in [-0.3, -0.25) is 0 Å². The smallest absolute Gasteiger partial charge is 0.0603 e. The van der Waals surface area contributed by atoms with Crippen LogP contribution >= 0.6 is 0 Å². The maximum absolute atomic E-state index is 5.90. The minimum absolute atomic E-state index is 0.382. The van der Waals surface area contributed by atoms with Gasteiger partial charge in [0, 0.05) is 38.8 Å². The Labute approximate surface area is 112 Å². The molecule has 2 aliphatic heterocycles. The topological polar surface area (TPSA) is 15.7 Å². The first kappa shape index (κ1) is 14.3. The second kappa shape index (κ2) is 6.36. The van der Waals surface area contributed by atoms with Gasteiger partial charge < -0.3 is 14.5 Å². The van der Waals surface area contributed by atoms with Crippen LogP contribution in [0.4, 0.5) is 0 Å². The van der Waals surface area contributed by atoms with Crippen LogP contribution in [0.15, 0.2) is 0 Å². The van der Waals surface area contributed by atoms with E-state index >= 15 is 0 Å². The second-order valence-corrected chi connectivity index (χ2v) is 6.60. The summed E-state index contributed by atoms with van der Waals surface area (Å²) in [7, 11) is 0. The van der Waals surface area contributed by atoms with Crippen molar-refractivity contribution in [2.45, 2.75) is 58.8 Å². The molecule has 0 aromatic carbocycles. The molecule has 0 aromatic rings. The summed E-state index contributed by atoms with van der Waals surface area (Å²) >= 11 is 0. The van der Waals surface area contributed by atoms with Gasteiger partial charge in [-0.05, 0) is 46.5 Å². The number of piperidine rings is 1. The lowest BCUT2D eigenvalue weighted by Crippen LogP contribution is -2.54. The monoisotopic (exact) mass is 254 g/mol. The third-order valence-electron chi connectivity index (χ3n) is 4.23. The van der Waals surface area contributed by atoms with Crippen molar-refractivity contribution in [1.82, 2.24) is 9.80 Å². The summed E-state index contributed by atoms with van der Waals surface area (Å²) < 4.78 is 5.90. The van der Waals surface area contributed by atoms with Gasteiger partial charge in [-0.1, -0.05) is 0 Å². The molecule has 0 aliphatic carbocycles. The molecule has 3 heteroatoms. The maximum Gasteiger partial charge on any atom is 0.0603 e. The van der Waals surface area contributed by atoms with Crippen LogP contribution in [0.3, 0.4) is 0 Å². The largest absolute Gasteiger partial charge is 0.375 e. The number of hydrogen-bond donors (Lipinski definition) is 0. The van der Waals surface area contributed by atoms with Gasteiger partial charge in [0.15, 0.2) is 0 Å². The first-order valence-electron chi connectivity index (χ1n) is 7.66. The molecule has 0 atom stereocenters. The quantitative estimate of drug-likeness (QED) is 0.748. The van der Waals surface area contributed by atoms with Crippen molar-refractivity contribution in [3.63, 3.8) is 0 Å². The molecule has 0 saturated carbocycles. The molecule has 2 heterocycles. The summed E-state index contributed by atoms with van der Waals surface area (Å²) in [6, 6.07) is 0.728. The second-order valence-electron chi connectivity index (χ2n) is 6.60. The van der Waals surface area contributed by atoms with Crippen LogP contribution in [0.1, 0.15) is 40.5 Å². The molecule has 3 nitrogen and oxygen atoms in total. The van der Waals surface area contributed by atoms with E-state index in [0.717, 1.165) is 12.0 Å². The van der Waals surface area contributed by atoms with Gasteiger partial charge in [-0.2, -0.15) is 0 Å². The third kappa shape index (κ3) is 3.94. The van der Waals surface area contributed by atoms with E-state index in [-0.39, 0.29) is 0 Å². The van der Waals surface area contributed by atoms with Crippen LogP contribution in [-0.4, -0.2) is 60.8 Å². The summed E-state index contributed by atoms with van der Waals surface area (Å²) in [5.74, 6) is 0.912. The van der Waals surface area contributed by atoms with Crippen molar-refractivity contribution in [2.75, 3.05) is 32.7 Å². The van der Waals surface area contributed by atoms with E-state index in [0.29, 0.717) is 12.2 Å². The van der Waals surface area contributed by atoms with E-state index in [4.69, 9.17) is 4.74 Å². The third-order valence-corrected chi connectivity index (χ3v) is 4.23. The standard InChI is InChI=1S/C15H30N2O/c1-12(2)17-10-14(11-17)9-16-7-5-15(6-8-16)18-13(3)4/h12-15H,5-11H2,1-4H3. The van der Waals surface area contributed by atoms with Gasteiger partial charge in [0.25, 0.3) is 0 Å². The first-order chi connectivity index (χ1) is 8.54. The number of ether oxygens (including phenoxy) is 1. The molecule has 106 valence electrons. The van der Waals surface area contributed by atoms with Gasteiger partial charge in [0.2, 0.25) is 0 Å². The Hall–Kier alpha value is -0.120. The maximum atomic E-state index is 5.90. The summed E-state index contributed by atoms with van der Waals surface area (Å²) in [6.07, 6.45) is 3.33. The van der Waals surface area contributed by atoms with Crippen LogP contribution < -0.4 is 0 Å². The van der Waals surface area contributed by atoms with Crippen molar-refractivity contribution in [3.8, 4) is 0 Å². The molecule has 0 aromatic heterocycles. The van der Waals surface area contributed by atoms with Gasteiger partial charge >= 0.3 is 0 Å². The van der Waals surface area contributed by atoms with Crippen LogP contribution in [-0.2, 0) is 4.74 Å². The summed E-state index contributed by atoms with van der Waals surface area (Å²) in [6.45, 7) is 15.3. The average Bonchev–Trinajstić information content (AvgIpc) is 2.23. The highest BCUT2D eigenvalue weighted by molar-refractivity contribution is 4.85. The fourth-order valence-electron chi connectivity index (χ4n) is 3.12. The highest BCUT2D eigenvalue weighted by Gasteiger charge is 2.31. The Morgan fingerprint density at radius 3 is 2.17 bits per heavy atom.